The van der Waals surface area contributed by atoms with Crippen molar-refractivity contribution in [2.45, 2.75) is 45.1 Å². The number of carbonyl (C=O) groups excluding carboxylic acids is 1. The molecule has 1 amide bonds. The van der Waals surface area contributed by atoms with Gasteiger partial charge in [-0.25, -0.2) is 0 Å². The first-order valence-electron chi connectivity index (χ1n) is 10.8. The summed E-state index contributed by atoms with van der Waals surface area (Å²) in [7, 11) is 1.72. The van der Waals surface area contributed by atoms with Gasteiger partial charge < -0.3 is 14.6 Å². The average molecular weight is 389 g/mol. The standard InChI is InChI=1S/C25H28N2O2/c1-29-19-11-12-23-22(16-19)21(13-14-26-25(28)18-7-4-8-18)24-20-10-3-2-6-17(20)9-5-15-27(23)24/h2-3,6,10-12,16,18H,4-5,7-9,13-15H2,1H3,(H,26,28). The van der Waals surface area contributed by atoms with Gasteiger partial charge in [0.05, 0.1) is 12.8 Å². The van der Waals surface area contributed by atoms with Crippen molar-refractivity contribution in [3.8, 4) is 17.0 Å². The lowest BCUT2D eigenvalue weighted by molar-refractivity contribution is -0.127. The molecule has 4 nitrogen and oxygen atoms in total. The maximum absolute atomic E-state index is 12.3. The summed E-state index contributed by atoms with van der Waals surface area (Å²) in [6.45, 7) is 1.70. The van der Waals surface area contributed by atoms with Crippen LogP contribution in [-0.4, -0.2) is 24.1 Å². The highest BCUT2D eigenvalue weighted by Crippen LogP contribution is 2.39. The average Bonchev–Trinajstić information content (AvgIpc) is 2.87. The van der Waals surface area contributed by atoms with Gasteiger partial charge in [-0.1, -0.05) is 30.7 Å². The van der Waals surface area contributed by atoms with Gasteiger partial charge in [-0.05, 0) is 61.4 Å². The molecule has 1 saturated carbocycles. The molecule has 0 spiro atoms. The molecule has 0 unspecified atom stereocenters. The van der Waals surface area contributed by atoms with Gasteiger partial charge >= 0.3 is 0 Å². The molecule has 1 aliphatic heterocycles. The Balaban J connectivity index is 1.57. The van der Waals surface area contributed by atoms with Crippen LogP contribution in [0.15, 0.2) is 42.5 Å². The molecule has 3 aromatic rings. The first kappa shape index (κ1) is 18.3. The van der Waals surface area contributed by atoms with Gasteiger partial charge in [0.2, 0.25) is 5.91 Å². The molecule has 5 rings (SSSR count). The van der Waals surface area contributed by atoms with E-state index in [0.29, 0.717) is 6.54 Å². The van der Waals surface area contributed by atoms with Crippen molar-refractivity contribution in [3.05, 3.63) is 53.6 Å². The summed E-state index contributed by atoms with van der Waals surface area (Å²) in [4.78, 5) is 12.3. The number of methoxy groups -OCH3 is 1. The Morgan fingerprint density at radius 1 is 1.17 bits per heavy atom. The van der Waals surface area contributed by atoms with Crippen LogP contribution in [0.1, 0.15) is 36.8 Å². The van der Waals surface area contributed by atoms with E-state index < -0.39 is 0 Å². The highest BCUT2D eigenvalue weighted by molar-refractivity contribution is 5.93. The Morgan fingerprint density at radius 3 is 2.83 bits per heavy atom. The Labute approximate surface area is 171 Å². The van der Waals surface area contributed by atoms with Crippen LogP contribution in [0, 0.1) is 5.92 Å². The highest BCUT2D eigenvalue weighted by Gasteiger charge is 2.26. The minimum absolute atomic E-state index is 0.226. The second-order valence-corrected chi connectivity index (χ2v) is 8.29. The van der Waals surface area contributed by atoms with Crippen LogP contribution in [0.2, 0.25) is 0 Å². The number of nitrogens with one attached hydrogen (secondary N) is 1. The van der Waals surface area contributed by atoms with Gasteiger partial charge in [-0.2, -0.15) is 0 Å². The van der Waals surface area contributed by atoms with Crippen molar-refractivity contribution in [1.82, 2.24) is 9.88 Å². The minimum atomic E-state index is 0.226. The molecule has 0 saturated heterocycles. The van der Waals surface area contributed by atoms with Gasteiger partial charge in [0.25, 0.3) is 0 Å². The van der Waals surface area contributed by atoms with Gasteiger partial charge in [0.1, 0.15) is 5.75 Å². The smallest absolute Gasteiger partial charge is 0.223 e. The monoisotopic (exact) mass is 388 g/mol. The van der Waals surface area contributed by atoms with Crippen molar-refractivity contribution < 1.29 is 9.53 Å². The molecule has 1 aliphatic carbocycles. The summed E-state index contributed by atoms with van der Waals surface area (Å²) in [6.07, 6.45) is 6.35. The fourth-order valence-corrected chi connectivity index (χ4v) is 4.85. The van der Waals surface area contributed by atoms with E-state index >= 15 is 0 Å². The number of fused-ring (bicyclic) bond motifs is 5. The zero-order valence-electron chi connectivity index (χ0n) is 17.0. The summed E-state index contributed by atoms with van der Waals surface area (Å²) in [5.41, 5.74) is 6.65. The molecule has 1 fully saturated rings. The predicted molar refractivity (Wildman–Crippen MR) is 116 cm³/mol. The van der Waals surface area contributed by atoms with E-state index in [4.69, 9.17) is 4.74 Å². The van der Waals surface area contributed by atoms with Crippen molar-refractivity contribution in [2.24, 2.45) is 5.92 Å². The van der Waals surface area contributed by atoms with Crippen molar-refractivity contribution in [3.63, 3.8) is 0 Å². The SMILES string of the molecule is COc1ccc2c(c1)c(CCNC(=O)C1CCC1)c1n2CCCc2ccccc2-1. The third kappa shape index (κ3) is 3.21. The van der Waals surface area contributed by atoms with Gasteiger partial charge in [0, 0.05) is 35.5 Å². The second kappa shape index (κ2) is 7.58. The molecule has 29 heavy (non-hydrogen) atoms. The van der Waals surface area contributed by atoms with Crippen molar-refractivity contribution in [1.29, 1.82) is 0 Å². The quantitative estimate of drug-likeness (QED) is 0.687. The Morgan fingerprint density at radius 2 is 2.03 bits per heavy atom. The van der Waals surface area contributed by atoms with Crippen molar-refractivity contribution >= 4 is 16.8 Å². The van der Waals surface area contributed by atoms with E-state index in [-0.39, 0.29) is 11.8 Å². The van der Waals surface area contributed by atoms with E-state index in [2.05, 4.69) is 52.3 Å². The molecular formula is C25H28N2O2. The largest absolute Gasteiger partial charge is 0.497 e. The summed E-state index contributed by atoms with van der Waals surface area (Å²) in [5.74, 6) is 1.34. The lowest BCUT2D eigenvalue weighted by Gasteiger charge is -2.24. The van der Waals surface area contributed by atoms with Crippen LogP contribution in [0.3, 0.4) is 0 Å². The summed E-state index contributed by atoms with van der Waals surface area (Å²) >= 11 is 0. The first-order valence-corrected chi connectivity index (χ1v) is 10.8. The maximum Gasteiger partial charge on any atom is 0.223 e. The van der Waals surface area contributed by atoms with E-state index in [1.807, 2.05) is 0 Å². The van der Waals surface area contributed by atoms with Crippen molar-refractivity contribution in [2.75, 3.05) is 13.7 Å². The topological polar surface area (TPSA) is 43.3 Å². The third-order valence-corrected chi connectivity index (χ3v) is 6.63. The molecule has 150 valence electrons. The summed E-state index contributed by atoms with van der Waals surface area (Å²) in [6, 6.07) is 15.2. The first-order chi connectivity index (χ1) is 14.3. The van der Waals surface area contributed by atoms with Gasteiger partial charge in [-0.3, -0.25) is 4.79 Å². The van der Waals surface area contributed by atoms with Gasteiger partial charge in [-0.15, -0.1) is 0 Å². The molecule has 2 aromatic carbocycles. The molecule has 4 heteroatoms. The number of hydrogen-bond donors (Lipinski definition) is 1. The Kier molecular flexibility index (Phi) is 4.78. The number of hydrogen-bond acceptors (Lipinski definition) is 2. The van der Waals surface area contributed by atoms with E-state index in [1.165, 1.54) is 39.7 Å². The number of amides is 1. The van der Waals surface area contributed by atoms with E-state index in [1.54, 1.807) is 7.11 Å². The number of benzene rings is 2. The van der Waals surface area contributed by atoms with Gasteiger partial charge in [0.15, 0.2) is 0 Å². The zero-order chi connectivity index (χ0) is 19.8. The number of aromatic nitrogens is 1. The lowest BCUT2D eigenvalue weighted by atomic mass is 9.85. The minimum Gasteiger partial charge on any atom is -0.497 e. The molecule has 2 aliphatic rings. The number of carbonyl (C=O) groups is 1. The molecule has 0 bridgehead atoms. The Hall–Kier alpha value is -2.75. The Bertz CT molecular complexity index is 1060. The highest BCUT2D eigenvalue weighted by atomic mass is 16.5. The zero-order valence-corrected chi connectivity index (χ0v) is 17.0. The molecular weight excluding hydrogens is 360 g/mol. The number of rotatable bonds is 5. The fourth-order valence-electron chi connectivity index (χ4n) is 4.85. The molecule has 2 heterocycles. The summed E-state index contributed by atoms with van der Waals surface area (Å²) in [5, 5.41) is 4.43. The maximum atomic E-state index is 12.3. The predicted octanol–water partition coefficient (Wildman–Crippen LogP) is 4.72. The van der Waals surface area contributed by atoms with Crippen LogP contribution in [0.4, 0.5) is 0 Å². The molecule has 1 N–H and O–H groups in total. The molecule has 0 atom stereocenters. The number of ether oxygens (including phenoxy) is 1. The molecule has 1 aromatic heterocycles. The van der Waals surface area contributed by atoms with E-state index in [0.717, 1.165) is 44.4 Å². The third-order valence-electron chi connectivity index (χ3n) is 6.63. The normalized spacial score (nSPS) is 15.9. The van der Waals surface area contributed by atoms with Crippen LogP contribution in [-0.2, 0) is 24.2 Å². The number of aryl methyl sites for hydroxylation is 2. The lowest BCUT2D eigenvalue weighted by Crippen LogP contribution is -2.35. The molecule has 0 radical (unpaired) electrons. The number of nitrogens with zero attached hydrogens (tertiary/aromatic N) is 1. The fraction of sp³-hybridized carbons (Fsp3) is 0.400. The second-order valence-electron chi connectivity index (χ2n) is 8.29. The van der Waals surface area contributed by atoms with E-state index in [9.17, 15) is 4.79 Å². The van der Waals surface area contributed by atoms with Crippen LogP contribution >= 0.6 is 0 Å². The van der Waals surface area contributed by atoms with Crippen LogP contribution in [0.25, 0.3) is 22.2 Å². The van der Waals surface area contributed by atoms with Crippen LogP contribution < -0.4 is 10.1 Å². The summed E-state index contributed by atoms with van der Waals surface area (Å²) < 4.78 is 8.00. The van der Waals surface area contributed by atoms with Crippen LogP contribution in [0.5, 0.6) is 5.75 Å².